The van der Waals surface area contributed by atoms with E-state index in [9.17, 15) is 23.1 Å². The van der Waals surface area contributed by atoms with Crippen LogP contribution in [-0.2, 0) is 30.3 Å². The SMILES string of the molecule is O=C(N[C@H]1[C@@H](OCc2ccccc2)O[C@@H]2COC(c3ccccc3)O[C@H]2[C@@H]1O)C(F)(F)F. The summed E-state index contributed by atoms with van der Waals surface area (Å²) in [4.78, 5) is 11.6. The number of fused-ring (bicyclic) bond motifs is 1. The normalized spacial score (nSPS) is 30.4. The molecule has 4 rings (SSSR count). The number of carbonyl (C=O) groups excluding carboxylic acids is 1. The van der Waals surface area contributed by atoms with Crippen LogP contribution in [0.1, 0.15) is 17.4 Å². The Morgan fingerprint density at radius 2 is 1.72 bits per heavy atom. The largest absolute Gasteiger partial charge is 0.471 e. The van der Waals surface area contributed by atoms with Crippen LogP contribution in [0.4, 0.5) is 13.2 Å². The van der Waals surface area contributed by atoms with Crippen molar-refractivity contribution in [1.82, 2.24) is 5.32 Å². The predicted molar refractivity (Wildman–Crippen MR) is 104 cm³/mol. The minimum Gasteiger partial charge on any atom is -0.388 e. The lowest BCUT2D eigenvalue weighted by Gasteiger charge is -2.47. The Kier molecular flexibility index (Phi) is 6.77. The van der Waals surface area contributed by atoms with E-state index >= 15 is 0 Å². The number of alkyl halides is 3. The number of carbonyl (C=O) groups is 1. The molecule has 2 aliphatic rings. The Hall–Kier alpha value is -2.50. The van der Waals surface area contributed by atoms with Crippen molar-refractivity contribution in [2.45, 2.75) is 49.7 Å². The molecular weight excluding hydrogens is 431 g/mol. The fourth-order valence-electron chi connectivity index (χ4n) is 3.65. The maximum Gasteiger partial charge on any atom is 0.471 e. The van der Waals surface area contributed by atoms with Gasteiger partial charge in [0.1, 0.15) is 24.4 Å². The molecule has 0 radical (unpaired) electrons. The van der Waals surface area contributed by atoms with Crippen LogP contribution >= 0.6 is 0 Å². The average molecular weight is 453 g/mol. The molecule has 6 atom stereocenters. The maximum atomic E-state index is 12.9. The Morgan fingerprint density at radius 1 is 1.06 bits per heavy atom. The van der Waals surface area contributed by atoms with Crippen molar-refractivity contribution in [1.29, 1.82) is 0 Å². The molecule has 0 spiro atoms. The summed E-state index contributed by atoms with van der Waals surface area (Å²) in [6, 6.07) is 16.3. The first-order valence-corrected chi connectivity index (χ1v) is 10.0. The second-order valence-corrected chi connectivity index (χ2v) is 7.50. The average Bonchev–Trinajstić information content (AvgIpc) is 2.80. The van der Waals surface area contributed by atoms with Crippen LogP contribution in [-0.4, -0.2) is 54.4 Å². The molecule has 2 saturated heterocycles. The van der Waals surface area contributed by atoms with Crippen molar-refractivity contribution in [2.75, 3.05) is 6.61 Å². The second kappa shape index (κ2) is 9.55. The second-order valence-electron chi connectivity index (χ2n) is 7.50. The lowest BCUT2D eigenvalue weighted by molar-refractivity contribution is -0.346. The quantitative estimate of drug-likeness (QED) is 0.724. The van der Waals surface area contributed by atoms with Crippen LogP contribution < -0.4 is 5.32 Å². The summed E-state index contributed by atoms with van der Waals surface area (Å²) in [7, 11) is 0. The smallest absolute Gasteiger partial charge is 0.388 e. The zero-order valence-corrected chi connectivity index (χ0v) is 16.8. The Bertz CT molecular complexity index is 898. The third-order valence-corrected chi connectivity index (χ3v) is 5.25. The first-order chi connectivity index (χ1) is 15.3. The monoisotopic (exact) mass is 453 g/mol. The molecule has 1 amide bonds. The van der Waals surface area contributed by atoms with E-state index in [1.54, 1.807) is 59.9 Å². The highest BCUT2D eigenvalue weighted by Crippen LogP contribution is 2.35. The van der Waals surface area contributed by atoms with Crippen LogP contribution in [0.5, 0.6) is 0 Å². The fourth-order valence-corrected chi connectivity index (χ4v) is 3.65. The van der Waals surface area contributed by atoms with Gasteiger partial charge in [0.15, 0.2) is 12.6 Å². The molecule has 2 aromatic carbocycles. The fraction of sp³-hybridized carbons (Fsp3) is 0.409. The summed E-state index contributed by atoms with van der Waals surface area (Å²) >= 11 is 0. The van der Waals surface area contributed by atoms with E-state index < -0.39 is 49.0 Å². The van der Waals surface area contributed by atoms with Crippen molar-refractivity contribution in [3.63, 3.8) is 0 Å². The minimum atomic E-state index is -5.14. The standard InChI is InChI=1S/C22H22F3NO6/c23-22(24,25)21(28)26-16-17(27)18-15(12-30-19(32-18)14-9-5-2-6-10-14)31-20(16)29-11-13-7-3-1-4-8-13/h1-10,15-20,27H,11-12H2,(H,26,28)/t15-,16-,17-,18-,19?,20+/m1/s1. The van der Waals surface area contributed by atoms with Crippen LogP contribution in [0.15, 0.2) is 60.7 Å². The van der Waals surface area contributed by atoms with Gasteiger partial charge in [-0.2, -0.15) is 13.2 Å². The maximum absolute atomic E-state index is 12.9. The number of aliphatic hydroxyl groups excluding tert-OH is 1. The Morgan fingerprint density at radius 3 is 2.38 bits per heavy atom. The number of amides is 1. The molecule has 2 aliphatic heterocycles. The van der Waals surface area contributed by atoms with Gasteiger partial charge >= 0.3 is 12.1 Å². The molecule has 0 bridgehead atoms. The van der Waals surface area contributed by atoms with Gasteiger partial charge in [-0.3, -0.25) is 4.79 Å². The van der Waals surface area contributed by atoms with Gasteiger partial charge < -0.3 is 29.4 Å². The molecule has 2 aromatic rings. The summed E-state index contributed by atoms with van der Waals surface area (Å²) < 4.78 is 61.6. The molecule has 2 N–H and O–H groups in total. The predicted octanol–water partition coefficient (Wildman–Crippen LogP) is 2.45. The molecule has 7 nitrogen and oxygen atoms in total. The minimum absolute atomic E-state index is 0.00234. The number of hydrogen-bond acceptors (Lipinski definition) is 6. The lowest BCUT2D eigenvalue weighted by atomic mass is 9.95. The van der Waals surface area contributed by atoms with Crippen molar-refractivity contribution in [3.8, 4) is 0 Å². The van der Waals surface area contributed by atoms with Gasteiger partial charge in [-0.25, -0.2) is 0 Å². The molecule has 0 saturated carbocycles. The van der Waals surface area contributed by atoms with Crippen molar-refractivity contribution >= 4 is 5.91 Å². The van der Waals surface area contributed by atoms with Gasteiger partial charge in [-0.05, 0) is 5.56 Å². The van der Waals surface area contributed by atoms with Crippen LogP contribution in [0.2, 0.25) is 0 Å². The van der Waals surface area contributed by atoms with Gasteiger partial charge in [0, 0.05) is 5.56 Å². The van der Waals surface area contributed by atoms with Gasteiger partial charge in [-0.15, -0.1) is 0 Å². The third kappa shape index (κ3) is 5.11. The van der Waals surface area contributed by atoms with Crippen molar-refractivity contribution in [2.24, 2.45) is 0 Å². The number of benzene rings is 2. The van der Waals surface area contributed by atoms with E-state index in [1.165, 1.54) is 0 Å². The number of halogens is 3. The van der Waals surface area contributed by atoms with E-state index in [0.717, 1.165) is 5.56 Å². The zero-order valence-electron chi connectivity index (χ0n) is 16.8. The number of rotatable bonds is 5. The molecule has 0 aliphatic carbocycles. The molecule has 2 heterocycles. The number of ether oxygens (including phenoxy) is 4. The van der Waals surface area contributed by atoms with Gasteiger partial charge in [0.05, 0.1) is 13.2 Å². The molecule has 172 valence electrons. The van der Waals surface area contributed by atoms with Crippen LogP contribution in [0.25, 0.3) is 0 Å². The Labute approximate surface area is 182 Å². The van der Waals surface area contributed by atoms with Gasteiger partial charge in [0.2, 0.25) is 0 Å². The summed E-state index contributed by atoms with van der Waals surface area (Å²) in [5, 5.41) is 12.7. The molecular formula is C22H22F3NO6. The molecule has 1 unspecified atom stereocenters. The topological polar surface area (TPSA) is 86.3 Å². The van der Waals surface area contributed by atoms with Gasteiger partial charge in [-0.1, -0.05) is 60.7 Å². The summed E-state index contributed by atoms with van der Waals surface area (Å²) in [6.45, 7) is 0.0226. The molecule has 0 aromatic heterocycles. The zero-order chi connectivity index (χ0) is 22.7. The number of hydrogen-bond donors (Lipinski definition) is 2. The van der Waals surface area contributed by atoms with Crippen LogP contribution in [0, 0.1) is 0 Å². The van der Waals surface area contributed by atoms with E-state index in [-0.39, 0.29) is 13.2 Å². The molecule has 10 heteroatoms. The number of aliphatic hydroxyl groups is 1. The Balaban J connectivity index is 1.51. The highest BCUT2D eigenvalue weighted by Gasteiger charge is 2.52. The van der Waals surface area contributed by atoms with E-state index in [0.29, 0.717) is 5.56 Å². The third-order valence-electron chi connectivity index (χ3n) is 5.25. The summed E-state index contributed by atoms with van der Waals surface area (Å²) in [5.74, 6) is -2.21. The first kappa shape index (κ1) is 22.7. The van der Waals surface area contributed by atoms with Crippen molar-refractivity contribution in [3.05, 3.63) is 71.8 Å². The van der Waals surface area contributed by atoms with E-state index in [2.05, 4.69) is 0 Å². The van der Waals surface area contributed by atoms with E-state index in [4.69, 9.17) is 18.9 Å². The van der Waals surface area contributed by atoms with Gasteiger partial charge in [0.25, 0.3) is 0 Å². The lowest BCUT2D eigenvalue weighted by Crippen LogP contribution is -2.67. The molecule has 32 heavy (non-hydrogen) atoms. The van der Waals surface area contributed by atoms with Crippen molar-refractivity contribution < 1.29 is 42.0 Å². The van der Waals surface area contributed by atoms with E-state index in [1.807, 2.05) is 6.07 Å². The highest BCUT2D eigenvalue weighted by molar-refractivity contribution is 5.82. The van der Waals surface area contributed by atoms with Crippen LogP contribution in [0.3, 0.4) is 0 Å². The summed E-state index contributed by atoms with van der Waals surface area (Å²) in [5.41, 5.74) is 1.42. The molecule has 2 fully saturated rings. The number of nitrogens with one attached hydrogen (secondary N) is 1. The summed E-state index contributed by atoms with van der Waals surface area (Å²) in [6.07, 6.45) is -10.7. The first-order valence-electron chi connectivity index (χ1n) is 10.0. The highest BCUT2D eigenvalue weighted by atomic mass is 19.4.